The first-order valence-electron chi connectivity index (χ1n) is 12.1. The molecule has 2 aromatic carbocycles. The first-order valence-corrected chi connectivity index (χ1v) is 12.1. The number of carbonyl (C=O) groups excluding carboxylic acids is 1. The molecule has 0 radical (unpaired) electrons. The van der Waals surface area contributed by atoms with Crippen molar-refractivity contribution in [2.45, 2.75) is 77.6 Å². The van der Waals surface area contributed by atoms with Crippen molar-refractivity contribution in [3.8, 4) is 5.75 Å². The second-order valence-electron chi connectivity index (χ2n) is 8.54. The molecule has 2 aromatic rings. The Kier molecular flexibility index (Phi) is 11.1. The summed E-state index contributed by atoms with van der Waals surface area (Å²) in [5.74, 6) is -2.04. The number of hydrogen-bond donors (Lipinski definition) is 1. The molecule has 0 aliphatic carbocycles. The van der Waals surface area contributed by atoms with E-state index in [2.05, 4.69) is 6.92 Å². The SMILES string of the molecule is CCCCCCCCOc1ccc(CN(C(=O)C(=O)O)C(CC)c2ccc(C(F)(F)F)cc2)cc1. The first kappa shape index (κ1) is 28.2. The summed E-state index contributed by atoms with van der Waals surface area (Å²) in [5, 5.41) is 9.35. The molecule has 1 amide bonds. The molecule has 0 saturated carbocycles. The Morgan fingerprint density at radius 2 is 1.51 bits per heavy atom. The largest absolute Gasteiger partial charge is 0.494 e. The van der Waals surface area contributed by atoms with Crippen LogP contribution >= 0.6 is 0 Å². The van der Waals surface area contributed by atoms with Crippen LogP contribution in [0.5, 0.6) is 5.75 Å². The third kappa shape index (κ3) is 8.92. The van der Waals surface area contributed by atoms with Gasteiger partial charge in [-0.05, 0) is 48.2 Å². The molecule has 5 nitrogen and oxygen atoms in total. The molecule has 8 heteroatoms. The van der Waals surface area contributed by atoms with Crippen LogP contribution in [0.15, 0.2) is 48.5 Å². The van der Waals surface area contributed by atoms with Crippen molar-refractivity contribution in [1.82, 2.24) is 4.90 Å². The summed E-state index contributed by atoms with van der Waals surface area (Å²) in [6.07, 6.45) is 2.84. The predicted molar refractivity (Wildman–Crippen MR) is 128 cm³/mol. The smallest absolute Gasteiger partial charge is 0.416 e. The maximum absolute atomic E-state index is 12.9. The third-order valence-corrected chi connectivity index (χ3v) is 5.87. The maximum atomic E-state index is 12.9. The number of unbranched alkanes of at least 4 members (excludes halogenated alkanes) is 5. The standard InChI is InChI=1S/C27H34F3NO4/c1-3-5-6-7-8-9-18-35-23-16-10-20(11-17-23)19-31(25(32)26(33)34)24(4-2)21-12-14-22(15-13-21)27(28,29)30/h10-17,24H,3-9,18-19H2,1-2H3,(H,33,34). The van der Waals surface area contributed by atoms with E-state index in [-0.39, 0.29) is 6.54 Å². The molecule has 1 atom stereocenters. The number of benzene rings is 2. The van der Waals surface area contributed by atoms with E-state index in [4.69, 9.17) is 4.74 Å². The topological polar surface area (TPSA) is 66.8 Å². The number of nitrogens with zero attached hydrogens (tertiary/aromatic N) is 1. The molecular formula is C27H34F3NO4. The van der Waals surface area contributed by atoms with E-state index in [1.165, 1.54) is 42.7 Å². The van der Waals surface area contributed by atoms with E-state index < -0.39 is 29.7 Å². The van der Waals surface area contributed by atoms with Crippen molar-refractivity contribution in [2.24, 2.45) is 0 Å². The molecule has 0 heterocycles. The lowest BCUT2D eigenvalue weighted by Gasteiger charge is -2.30. The molecule has 0 aromatic heterocycles. The summed E-state index contributed by atoms with van der Waals surface area (Å²) >= 11 is 0. The highest BCUT2D eigenvalue weighted by Gasteiger charge is 2.32. The number of ether oxygens (including phenoxy) is 1. The molecule has 35 heavy (non-hydrogen) atoms. The van der Waals surface area contributed by atoms with Crippen LogP contribution in [0.1, 0.15) is 81.5 Å². The number of alkyl halides is 3. The summed E-state index contributed by atoms with van der Waals surface area (Å²) < 4.78 is 44.5. The highest BCUT2D eigenvalue weighted by atomic mass is 19.4. The predicted octanol–water partition coefficient (Wildman–Crippen LogP) is 7.01. The van der Waals surface area contributed by atoms with Crippen LogP contribution in [0.4, 0.5) is 13.2 Å². The van der Waals surface area contributed by atoms with Crippen LogP contribution in [0.25, 0.3) is 0 Å². The lowest BCUT2D eigenvalue weighted by Crippen LogP contribution is -2.38. The molecule has 2 rings (SSSR count). The van der Waals surface area contributed by atoms with Gasteiger partial charge in [0, 0.05) is 6.54 Å². The van der Waals surface area contributed by atoms with E-state index >= 15 is 0 Å². The fourth-order valence-corrected chi connectivity index (χ4v) is 3.94. The van der Waals surface area contributed by atoms with E-state index in [0.717, 1.165) is 25.0 Å². The molecule has 1 unspecified atom stereocenters. The van der Waals surface area contributed by atoms with Crippen molar-refractivity contribution in [3.05, 3.63) is 65.2 Å². The molecule has 0 bridgehead atoms. The highest BCUT2D eigenvalue weighted by molar-refractivity contribution is 6.31. The number of carbonyl (C=O) groups is 2. The third-order valence-electron chi connectivity index (χ3n) is 5.87. The van der Waals surface area contributed by atoms with Gasteiger partial charge in [-0.1, -0.05) is 70.2 Å². The zero-order chi connectivity index (χ0) is 25.8. The van der Waals surface area contributed by atoms with Crippen LogP contribution in [-0.4, -0.2) is 28.5 Å². The molecule has 1 N–H and O–H groups in total. The van der Waals surface area contributed by atoms with Gasteiger partial charge in [-0.15, -0.1) is 0 Å². The zero-order valence-electron chi connectivity index (χ0n) is 20.3. The lowest BCUT2D eigenvalue weighted by molar-refractivity contribution is -0.157. The Balaban J connectivity index is 2.07. The van der Waals surface area contributed by atoms with Gasteiger partial charge in [0.25, 0.3) is 0 Å². The molecule has 0 fully saturated rings. The Labute approximate surface area is 204 Å². The van der Waals surface area contributed by atoms with Crippen molar-refractivity contribution < 1.29 is 32.6 Å². The van der Waals surface area contributed by atoms with Gasteiger partial charge < -0.3 is 14.7 Å². The molecule has 0 spiro atoms. The number of carboxylic acid groups (broad SMARTS) is 1. The van der Waals surface area contributed by atoms with Gasteiger partial charge in [0.1, 0.15) is 5.75 Å². The van der Waals surface area contributed by atoms with Crippen molar-refractivity contribution in [1.29, 1.82) is 0 Å². The Morgan fingerprint density at radius 3 is 2.06 bits per heavy atom. The quantitative estimate of drug-likeness (QED) is 0.241. The minimum absolute atomic E-state index is 0.00235. The van der Waals surface area contributed by atoms with Crippen LogP contribution in [-0.2, 0) is 22.3 Å². The molecule has 192 valence electrons. The highest BCUT2D eigenvalue weighted by Crippen LogP contribution is 2.32. The van der Waals surface area contributed by atoms with E-state index in [0.29, 0.717) is 29.9 Å². The van der Waals surface area contributed by atoms with Gasteiger partial charge in [0.15, 0.2) is 0 Å². The summed E-state index contributed by atoms with van der Waals surface area (Å²) in [6, 6.07) is 10.8. The summed E-state index contributed by atoms with van der Waals surface area (Å²) in [7, 11) is 0. The number of hydrogen-bond acceptors (Lipinski definition) is 3. The Hall–Kier alpha value is -3.03. The average molecular weight is 494 g/mol. The Bertz CT molecular complexity index is 927. The zero-order valence-corrected chi connectivity index (χ0v) is 20.3. The number of amides is 1. The fourth-order valence-electron chi connectivity index (χ4n) is 3.94. The van der Waals surface area contributed by atoms with Crippen LogP contribution in [0.3, 0.4) is 0 Å². The van der Waals surface area contributed by atoms with E-state index in [9.17, 15) is 27.9 Å². The van der Waals surface area contributed by atoms with Gasteiger partial charge in [0.05, 0.1) is 18.2 Å². The normalized spacial score (nSPS) is 12.3. The van der Waals surface area contributed by atoms with Crippen molar-refractivity contribution >= 4 is 11.9 Å². The van der Waals surface area contributed by atoms with Gasteiger partial charge in [-0.3, -0.25) is 4.79 Å². The summed E-state index contributed by atoms with van der Waals surface area (Å²) in [5.41, 5.74) is 0.328. The monoisotopic (exact) mass is 493 g/mol. The second kappa shape index (κ2) is 13.8. The summed E-state index contributed by atoms with van der Waals surface area (Å²) in [6.45, 7) is 4.55. The molecule has 0 saturated heterocycles. The minimum atomic E-state index is -4.48. The number of carboxylic acids is 1. The lowest BCUT2D eigenvalue weighted by atomic mass is 10.00. The van der Waals surface area contributed by atoms with Crippen LogP contribution in [0, 0.1) is 0 Å². The van der Waals surface area contributed by atoms with Gasteiger partial charge >= 0.3 is 18.1 Å². The number of halogens is 3. The second-order valence-corrected chi connectivity index (χ2v) is 8.54. The summed E-state index contributed by atoms with van der Waals surface area (Å²) in [4.78, 5) is 25.2. The molecule has 0 aliphatic rings. The number of rotatable bonds is 13. The van der Waals surface area contributed by atoms with Crippen LogP contribution < -0.4 is 4.74 Å². The fraction of sp³-hybridized carbons (Fsp3) is 0.481. The molecule has 0 aliphatic heterocycles. The number of aliphatic carboxylic acids is 1. The van der Waals surface area contributed by atoms with Gasteiger partial charge in [0.2, 0.25) is 0 Å². The van der Waals surface area contributed by atoms with Crippen molar-refractivity contribution in [3.63, 3.8) is 0 Å². The first-order chi connectivity index (χ1) is 16.7. The maximum Gasteiger partial charge on any atom is 0.416 e. The minimum Gasteiger partial charge on any atom is -0.494 e. The van der Waals surface area contributed by atoms with E-state index in [1.54, 1.807) is 31.2 Å². The molecular weight excluding hydrogens is 459 g/mol. The van der Waals surface area contributed by atoms with Gasteiger partial charge in [-0.25, -0.2) is 4.79 Å². The van der Waals surface area contributed by atoms with Crippen molar-refractivity contribution in [2.75, 3.05) is 6.61 Å². The Morgan fingerprint density at radius 1 is 0.914 bits per heavy atom. The average Bonchev–Trinajstić information content (AvgIpc) is 2.83. The van der Waals surface area contributed by atoms with Crippen LogP contribution in [0.2, 0.25) is 0 Å². The van der Waals surface area contributed by atoms with Gasteiger partial charge in [-0.2, -0.15) is 13.2 Å². The van der Waals surface area contributed by atoms with E-state index in [1.807, 2.05) is 0 Å².